The molecule has 1 aromatic heterocycles. The SMILES string of the molecule is CN(Cc1csc(CCN)n1)C1CCOC1. The summed E-state index contributed by atoms with van der Waals surface area (Å²) in [7, 11) is 2.14. The highest BCUT2D eigenvalue weighted by Crippen LogP contribution is 2.16. The minimum Gasteiger partial charge on any atom is -0.380 e. The van der Waals surface area contributed by atoms with Gasteiger partial charge in [-0.3, -0.25) is 4.90 Å². The van der Waals surface area contributed by atoms with Crippen molar-refractivity contribution in [3.63, 3.8) is 0 Å². The van der Waals surface area contributed by atoms with Crippen LogP contribution >= 0.6 is 11.3 Å². The van der Waals surface area contributed by atoms with Crippen LogP contribution in [0.2, 0.25) is 0 Å². The van der Waals surface area contributed by atoms with Gasteiger partial charge in [0.2, 0.25) is 0 Å². The Bertz CT molecular complexity index is 323. The number of aromatic nitrogens is 1. The lowest BCUT2D eigenvalue weighted by Crippen LogP contribution is -2.31. The van der Waals surface area contributed by atoms with Crippen LogP contribution in [0.4, 0.5) is 0 Å². The number of rotatable bonds is 5. The number of hydrogen-bond donors (Lipinski definition) is 1. The first-order valence-electron chi connectivity index (χ1n) is 5.71. The number of hydrogen-bond acceptors (Lipinski definition) is 5. The first-order valence-corrected chi connectivity index (χ1v) is 6.59. The van der Waals surface area contributed by atoms with Crippen LogP contribution in [-0.4, -0.2) is 42.7 Å². The van der Waals surface area contributed by atoms with Gasteiger partial charge in [-0.1, -0.05) is 0 Å². The Kier molecular flexibility index (Phi) is 4.29. The molecule has 0 bridgehead atoms. The summed E-state index contributed by atoms with van der Waals surface area (Å²) in [6.07, 6.45) is 2.03. The van der Waals surface area contributed by atoms with Gasteiger partial charge >= 0.3 is 0 Å². The monoisotopic (exact) mass is 241 g/mol. The zero-order valence-electron chi connectivity index (χ0n) is 9.69. The Balaban J connectivity index is 1.87. The molecule has 4 nitrogen and oxygen atoms in total. The van der Waals surface area contributed by atoms with Gasteiger partial charge in [0, 0.05) is 31.0 Å². The molecule has 1 aliphatic heterocycles. The minimum absolute atomic E-state index is 0.555. The molecule has 1 fully saturated rings. The number of thiazole rings is 1. The number of likely N-dealkylation sites (N-methyl/N-ethyl adjacent to an activating group) is 1. The number of ether oxygens (including phenoxy) is 1. The minimum atomic E-state index is 0.555. The fraction of sp³-hybridized carbons (Fsp3) is 0.727. The lowest BCUT2D eigenvalue weighted by Gasteiger charge is -2.21. The summed E-state index contributed by atoms with van der Waals surface area (Å²) in [5, 5.41) is 3.28. The van der Waals surface area contributed by atoms with E-state index in [1.165, 1.54) is 0 Å². The summed E-state index contributed by atoms with van der Waals surface area (Å²) in [6, 6.07) is 0.555. The Morgan fingerprint density at radius 2 is 2.56 bits per heavy atom. The van der Waals surface area contributed by atoms with E-state index in [1.807, 2.05) is 0 Å². The van der Waals surface area contributed by atoms with Crippen LogP contribution in [-0.2, 0) is 17.7 Å². The maximum atomic E-state index is 5.51. The summed E-state index contributed by atoms with van der Waals surface area (Å²) in [4.78, 5) is 6.90. The fourth-order valence-electron chi connectivity index (χ4n) is 1.91. The van der Waals surface area contributed by atoms with Crippen LogP contribution in [0.5, 0.6) is 0 Å². The van der Waals surface area contributed by atoms with Gasteiger partial charge < -0.3 is 10.5 Å². The van der Waals surface area contributed by atoms with Gasteiger partial charge in [-0.25, -0.2) is 4.98 Å². The smallest absolute Gasteiger partial charge is 0.0941 e. The second-order valence-corrected chi connectivity index (χ2v) is 5.15. The highest BCUT2D eigenvalue weighted by molar-refractivity contribution is 7.09. The van der Waals surface area contributed by atoms with Gasteiger partial charge in [0.15, 0.2) is 0 Å². The van der Waals surface area contributed by atoms with Crippen LogP contribution in [0.3, 0.4) is 0 Å². The summed E-state index contributed by atoms with van der Waals surface area (Å²) in [5.41, 5.74) is 6.67. The summed E-state index contributed by atoms with van der Waals surface area (Å²) >= 11 is 1.71. The van der Waals surface area contributed by atoms with E-state index in [9.17, 15) is 0 Å². The van der Waals surface area contributed by atoms with Crippen LogP contribution in [0.1, 0.15) is 17.1 Å². The van der Waals surface area contributed by atoms with E-state index in [0.717, 1.165) is 43.3 Å². The molecular formula is C11H19N3OS. The maximum Gasteiger partial charge on any atom is 0.0941 e. The number of nitrogens with two attached hydrogens (primary N) is 1. The van der Waals surface area contributed by atoms with E-state index in [4.69, 9.17) is 10.5 Å². The van der Waals surface area contributed by atoms with Crippen molar-refractivity contribution < 1.29 is 4.74 Å². The maximum absolute atomic E-state index is 5.51. The molecule has 1 aromatic rings. The molecule has 2 heterocycles. The molecule has 0 aromatic carbocycles. The third-order valence-electron chi connectivity index (χ3n) is 2.90. The Hall–Kier alpha value is -0.490. The Labute approximate surface area is 100 Å². The van der Waals surface area contributed by atoms with Crippen LogP contribution in [0, 0.1) is 0 Å². The molecular weight excluding hydrogens is 222 g/mol. The standard InChI is InChI=1S/C11H19N3OS/c1-14(10-3-5-15-7-10)6-9-8-16-11(13-9)2-4-12/h8,10H,2-7,12H2,1H3. The molecule has 1 unspecified atom stereocenters. The van der Waals surface area contributed by atoms with Gasteiger partial charge in [0.05, 0.1) is 17.3 Å². The zero-order valence-corrected chi connectivity index (χ0v) is 10.5. The first-order chi connectivity index (χ1) is 7.79. The van der Waals surface area contributed by atoms with Gasteiger partial charge in [-0.15, -0.1) is 11.3 Å². The highest BCUT2D eigenvalue weighted by atomic mass is 32.1. The van der Waals surface area contributed by atoms with Crippen molar-refractivity contribution in [3.8, 4) is 0 Å². The second-order valence-electron chi connectivity index (χ2n) is 4.20. The molecule has 0 radical (unpaired) electrons. The van der Waals surface area contributed by atoms with Crippen LogP contribution < -0.4 is 5.73 Å². The molecule has 5 heteroatoms. The van der Waals surface area contributed by atoms with Crippen molar-refractivity contribution >= 4 is 11.3 Å². The molecule has 1 aliphatic rings. The molecule has 0 saturated carbocycles. The van der Waals surface area contributed by atoms with E-state index >= 15 is 0 Å². The topological polar surface area (TPSA) is 51.4 Å². The van der Waals surface area contributed by atoms with E-state index < -0.39 is 0 Å². The van der Waals surface area contributed by atoms with Crippen molar-refractivity contribution in [1.82, 2.24) is 9.88 Å². The highest BCUT2D eigenvalue weighted by Gasteiger charge is 2.20. The van der Waals surface area contributed by atoms with Gasteiger partial charge in [-0.05, 0) is 20.0 Å². The molecule has 90 valence electrons. The van der Waals surface area contributed by atoms with E-state index in [1.54, 1.807) is 11.3 Å². The molecule has 1 saturated heterocycles. The Morgan fingerprint density at radius 1 is 1.69 bits per heavy atom. The van der Waals surface area contributed by atoms with Crippen molar-refractivity contribution in [2.24, 2.45) is 5.73 Å². The van der Waals surface area contributed by atoms with Crippen LogP contribution in [0.25, 0.3) is 0 Å². The van der Waals surface area contributed by atoms with E-state index in [-0.39, 0.29) is 0 Å². The quantitative estimate of drug-likeness (QED) is 0.831. The van der Waals surface area contributed by atoms with Crippen molar-refractivity contribution in [2.45, 2.75) is 25.4 Å². The molecule has 0 spiro atoms. The van der Waals surface area contributed by atoms with Gasteiger partial charge in [0.25, 0.3) is 0 Å². The average Bonchev–Trinajstić information content (AvgIpc) is 2.89. The van der Waals surface area contributed by atoms with Gasteiger partial charge in [-0.2, -0.15) is 0 Å². The third kappa shape index (κ3) is 3.01. The van der Waals surface area contributed by atoms with Crippen molar-refractivity contribution in [2.75, 3.05) is 26.8 Å². The third-order valence-corrected chi connectivity index (χ3v) is 3.86. The molecule has 2 rings (SSSR count). The normalized spacial score (nSPS) is 20.8. The predicted molar refractivity (Wildman–Crippen MR) is 65.6 cm³/mol. The lowest BCUT2D eigenvalue weighted by molar-refractivity contribution is 0.156. The Morgan fingerprint density at radius 3 is 3.25 bits per heavy atom. The van der Waals surface area contributed by atoms with Crippen molar-refractivity contribution in [1.29, 1.82) is 0 Å². The molecule has 0 amide bonds. The molecule has 16 heavy (non-hydrogen) atoms. The van der Waals surface area contributed by atoms with Gasteiger partial charge in [0.1, 0.15) is 0 Å². The van der Waals surface area contributed by atoms with Crippen LogP contribution in [0.15, 0.2) is 5.38 Å². The summed E-state index contributed by atoms with van der Waals surface area (Å²) < 4.78 is 5.38. The summed E-state index contributed by atoms with van der Waals surface area (Å²) in [6.45, 7) is 3.34. The lowest BCUT2D eigenvalue weighted by atomic mass is 10.2. The first kappa shape index (κ1) is 12.0. The summed E-state index contributed by atoms with van der Waals surface area (Å²) in [5.74, 6) is 0. The molecule has 2 N–H and O–H groups in total. The predicted octanol–water partition coefficient (Wildman–Crippen LogP) is 0.865. The van der Waals surface area contributed by atoms with E-state index in [0.29, 0.717) is 12.6 Å². The number of nitrogens with zero attached hydrogens (tertiary/aromatic N) is 2. The molecule has 0 aliphatic carbocycles. The zero-order chi connectivity index (χ0) is 11.4. The molecule has 1 atom stereocenters. The largest absolute Gasteiger partial charge is 0.380 e. The second kappa shape index (κ2) is 5.72. The van der Waals surface area contributed by atoms with E-state index in [2.05, 4.69) is 22.3 Å². The fourth-order valence-corrected chi connectivity index (χ4v) is 2.72. The average molecular weight is 241 g/mol. The van der Waals surface area contributed by atoms with Crippen molar-refractivity contribution in [3.05, 3.63) is 16.1 Å².